The van der Waals surface area contributed by atoms with Crippen molar-refractivity contribution in [3.8, 4) is 6.07 Å². The summed E-state index contributed by atoms with van der Waals surface area (Å²) < 4.78 is 6.53. The largest absolute Gasteiger partial charge is 0.419 e. The first-order chi connectivity index (χ1) is 7.22. The molecule has 1 aromatic carbocycles. The Labute approximate surface area is 86.4 Å². The molecule has 4 nitrogen and oxygen atoms in total. The Morgan fingerprint density at radius 2 is 2.27 bits per heavy atom. The van der Waals surface area contributed by atoms with Crippen LogP contribution in [0.2, 0.25) is 0 Å². The van der Waals surface area contributed by atoms with Crippen LogP contribution >= 0.6 is 0 Å². The zero-order valence-electron chi connectivity index (χ0n) is 8.30. The SMILES string of the molecule is CC(C#N)Cn1c(=O)oc2ccccc21. The van der Waals surface area contributed by atoms with Crippen LogP contribution in [-0.2, 0) is 6.54 Å². The summed E-state index contributed by atoms with van der Waals surface area (Å²) in [5.41, 5.74) is 1.30. The van der Waals surface area contributed by atoms with E-state index in [9.17, 15) is 4.79 Å². The number of nitrogens with zero attached hydrogens (tertiary/aromatic N) is 2. The van der Waals surface area contributed by atoms with Gasteiger partial charge in [0.25, 0.3) is 0 Å². The number of benzene rings is 1. The number of nitriles is 1. The Bertz CT molecular complexity index is 574. The van der Waals surface area contributed by atoms with E-state index < -0.39 is 5.76 Å². The lowest BCUT2D eigenvalue weighted by Gasteiger charge is -2.02. The highest BCUT2D eigenvalue weighted by atomic mass is 16.4. The van der Waals surface area contributed by atoms with Crippen LogP contribution in [-0.4, -0.2) is 4.57 Å². The summed E-state index contributed by atoms with van der Waals surface area (Å²) in [6.07, 6.45) is 0. The van der Waals surface area contributed by atoms with Crippen LogP contribution in [0.3, 0.4) is 0 Å². The average Bonchev–Trinajstić information content (AvgIpc) is 2.55. The highest BCUT2D eigenvalue weighted by Crippen LogP contribution is 2.12. The molecule has 0 fully saturated rings. The summed E-state index contributed by atoms with van der Waals surface area (Å²) in [5.74, 6) is -0.609. The van der Waals surface area contributed by atoms with Gasteiger partial charge in [-0.1, -0.05) is 12.1 Å². The number of rotatable bonds is 2. The summed E-state index contributed by atoms with van der Waals surface area (Å²) in [6, 6.07) is 9.29. The molecule has 0 aliphatic rings. The molecule has 1 unspecified atom stereocenters. The van der Waals surface area contributed by atoms with Crippen molar-refractivity contribution >= 4 is 11.1 Å². The van der Waals surface area contributed by atoms with Crippen molar-refractivity contribution in [2.24, 2.45) is 5.92 Å². The van der Waals surface area contributed by atoms with Crippen molar-refractivity contribution in [2.75, 3.05) is 0 Å². The smallest absolute Gasteiger partial charge is 0.408 e. The standard InChI is InChI=1S/C11H10N2O2/c1-8(6-12)7-13-9-4-2-3-5-10(9)15-11(13)14/h2-5,8H,7H2,1H3. The molecular formula is C11H10N2O2. The number of hydrogen-bond acceptors (Lipinski definition) is 3. The van der Waals surface area contributed by atoms with Crippen molar-refractivity contribution < 1.29 is 4.42 Å². The summed E-state index contributed by atoms with van der Waals surface area (Å²) in [6.45, 7) is 2.14. The Morgan fingerprint density at radius 1 is 1.53 bits per heavy atom. The first-order valence-corrected chi connectivity index (χ1v) is 4.70. The molecule has 4 heteroatoms. The second-order valence-electron chi connectivity index (χ2n) is 3.48. The van der Waals surface area contributed by atoms with Crippen LogP contribution in [0.15, 0.2) is 33.5 Å². The molecule has 0 amide bonds. The molecule has 15 heavy (non-hydrogen) atoms. The van der Waals surface area contributed by atoms with E-state index >= 15 is 0 Å². The van der Waals surface area contributed by atoms with Crippen LogP contribution in [0.25, 0.3) is 11.1 Å². The molecule has 0 aliphatic carbocycles. The Morgan fingerprint density at radius 3 is 3.00 bits per heavy atom. The number of hydrogen-bond donors (Lipinski definition) is 0. The van der Waals surface area contributed by atoms with Gasteiger partial charge in [0.1, 0.15) is 0 Å². The van der Waals surface area contributed by atoms with E-state index in [1.165, 1.54) is 4.57 Å². The molecule has 0 bridgehead atoms. The second-order valence-corrected chi connectivity index (χ2v) is 3.48. The molecule has 1 heterocycles. The lowest BCUT2D eigenvalue weighted by molar-refractivity contribution is 0.480. The van der Waals surface area contributed by atoms with Gasteiger partial charge >= 0.3 is 5.76 Å². The van der Waals surface area contributed by atoms with Gasteiger partial charge in [-0.2, -0.15) is 5.26 Å². The Kier molecular flexibility index (Phi) is 2.30. The van der Waals surface area contributed by atoms with Gasteiger partial charge < -0.3 is 4.42 Å². The highest BCUT2D eigenvalue weighted by molar-refractivity contribution is 5.72. The molecule has 1 aromatic heterocycles. The summed E-state index contributed by atoms with van der Waals surface area (Å²) in [7, 11) is 0. The number of oxazole rings is 1. The van der Waals surface area contributed by atoms with Crippen LogP contribution < -0.4 is 5.76 Å². The van der Waals surface area contributed by atoms with Gasteiger partial charge in [0, 0.05) is 6.54 Å². The maximum absolute atomic E-state index is 11.5. The number of aromatic nitrogens is 1. The lowest BCUT2D eigenvalue weighted by Crippen LogP contribution is -2.17. The number of para-hydroxylation sites is 2. The van der Waals surface area contributed by atoms with E-state index in [1.54, 1.807) is 13.0 Å². The van der Waals surface area contributed by atoms with E-state index in [4.69, 9.17) is 9.68 Å². The topological polar surface area (TPSA) is 58.9 Å². The predicted molar refractivity (Wildman–Crippen MR) is 55.3 cm³/mol. The average molecular weight is 202 g/mol. The van der Waals surface area contributed by atoms with Crippen molar-refractivity contribution in [3.05, 3.63) is 34.8 Å². The summed E-state index contributed by atoms with van der Waals surface area (Å²) in [4.78, 5) is 11.5. The molecule has 2 aromatic rings. The minimum atomic E-state index is -0.404. The minimum Gasteiger partial charge on any atom is -0.408 e. The number of fused-ring (bicyclic) bond motifs is 1. The van der Waals surface area contributed by atoms with Crippen molar-refractivity contribution in [3.63, 3.8) is 0 Å². The Balaban J connectivity index is 2.55. The molecule has 76 valence electrons. The first kappa shape index (κ1) is 9.53. The second kappa shape index (κ2) is 3.62. The molecular weight excluding hydrogens is 192 g/mol. The van der Waals surface area contributed by atoms with Crippen LogP contribution in [0.4, 0.5) is 0 Å². The van der Waals surface area contributed by atoms with E-state index in [0.717, 1.165) is 5.52 Å². The summed E-state index contributed by atoms with van der Waals surface area (Å²) in [5, 5.41) is 8.70. The quantitative estimate of drug-likeness (QED) is 0.745. The molecule has 0 saturated heterocycles. The van der Waals surface area contributed by atoms with Crippen molar-refractivity contribution in [1.82, 2.24) is 4.57 Å². The van der Waals surface area contributed by atoms with Gasteiger partial charge in [0.05, 0.1) is 17.5 Å². The maximum atomic E-state index is 11.5. The molecule has 1 atom stereocenters. The Hall–Kier alpha value is -2.02. The third-order valence-corrected chi connectivity index (χ3v) is 2.25. The predicted octanol–water partition coefficient (Wildman–Crippen LogP) is 1.75. The van der Waals surface area contributed by atoms with Crippen molar-refractivity contribution in [2.45, 2.75) is 13.5 Å². The zero-order valence-corrected chi connectivity index (χ0v) is 8.30. The lowest BCUT2D eigenvalue weighted by atomic mass is 10.2. The van der Waals surface area contributed by atoms with Crippen LogP contribution in [0, 0.1) is 17.2 Å². The van der Waals surface area contributed by atoms with Gasteiger partial charge in [-0.25, -0.2) is 4.79 Å². The zero-order chi connectivity index (χ0) is 10.8. The van der Waals surface area contributed by atoms with Gasteiger partial charge in [-0.05, 0) is 19.1 Å². The third kappa shape index (κ3) is 1.64. The molecule has 0 spiro atoms. The highest BCUT2D eigenvalue weighted by Gasteiger charge is 2.10. The van der Waals surface area contributed by atoms with E-state index in [2.05, 4.69) is 6.07 Å². The first-order valence-electron chi connectivity index (χ1n) is 4.70. The van der Waals surface area contributed by atoms with E-state index in [1.807, 2.05) is 18.2 Å². The van der Waals surface area contributed by atoms with Gasteiger partial charge in [-0.15, -0.1) is 0 Å². The van der Waals surface area contributed by atoms with Crippen molar-refractivity contribution in [1.29, 1.82) is 5.26 Å². The fourth-order valence-electron chi connectivity index (χ4n) is 1.50. The van der Waals surface area contributed by atoms with Gasteiger partial charge in [0.2, 0.25) is 0 Å². The molecule has 2 rings (SSSR count). The van der Waals surface area contributed by atoms with E-state index in [-0.39, 0.29) is 5.92 Å². The summed E-state index contributed by atoms with van der Waals surface area (Å²) >= 11 is 0. The van der Waals surface area contributed by atoms with Crippen LogP contribution in [0.5, 0.6) is 0 Å². The van der Waals surface area contributed by atoms with E-state index in [0.29, 0.717) is 12.1 Å². The molecule has 0 radical (unpaired) electrons. The fourth-order valence-corrected chi connectivity index (χ4v) is 1.50. The van der Waals surface area contributed by atoms with Gasteiger partial charge in [0.15, 0.2) is 5.58 Å². The minimum absolute atomic E-state index is 0.205. The molecule has 0 N–H and O–H groups in total. The molecule has 0 saturated carbocycles. The third-order valence-electron chi connectivity index (χ3n) is 2.25. The maximum Gasteiger partial charge on any atom is 0.419 e. The fraction of sp³-hybridized carbons (Fsp3) is 0.273. The van der Waals surface area contributed by atoms with Crippen LogP contribution in [0.1, 0.15) is 6.92 Å². The molecule has 0 aliphatic heterocycles. The van der Waals surface area contributed by atoms with Gasteiger partial charge in [-0.3, -0.25) is 4.57 Å². The normalized spacial score (nSPS) is 12.5. The monoisotopic (exact) mass is 202 g/mol.